The van der Waals surface area contributed by atoms with E-state index >= 15 is 0 Å². The van der Waals surface area contributed by atoms with Crippen LogP contribution in [0.5, 0.6) is 0 Å². The van der Waals surface area contributed by atoms with Crippen molar-refractivity contribution in [3.8, 4) is 0 Å². The summed E-state index contributed by atoms with van der Waals surface area (Å²) in [5.74, 6) is -0.280. The van der Waals surface area contributed by atoms with Crippen LogP contribution in [-0.2, 0) is 9.53 Å². The minimum Gasteiger partial charge on any atom is -0.464 e. The van der Waals surface area contributed by atoms with Gasteiger partial charge in [0.15, 0.2) is 5.54 Å². The number of esters is 1. The Bertz CT molecular complexity index is 93.1. The fourth-order valence-corrected chi connectivity index (χ4v) is 0.276. The van der Waals surface area contributed by atoms with Gasteiger partial charge in [0.2, 0.25) is 0 Å². The Kier molecular flexibility index (Phi) is 1.98. The summed E-state index contributed by atoms with van der Waals surface area (Å²) in [6.07, 6.45) is 0. The zero-order valence-corrected chi connectivity index (χ0v) is 5.52. The van der Waals surface area contributed by atoms with Crippen LogP contribution in [0.2, 0.25) is 0 Å². The summed E-state index contributed by atoms with van der Waals surface area (Å²) in [6.45, 7) is 3.41. The lowest BCUT2D eigenvalue weighted by Gasteiger charge is -2.09. The molecule has 8 heavy (non-hydrogen) atoms. The molecule has 0 aromatic heterocycles. The lowest BCUT2D eigenvalue weighted by molar-refractivity contribution is -0.450. The van der Waals surface area contributed by atoms with Gasteiger partial charge in [0.05, 0.1) is 7.11 Å². The van der Waals surface area contributed by atoms with Crippen LogP contribution < -0.4 is 5.73 Å². The third kappa shape index (κ3) is 1.93. The number of hydrogen-bond acceptors (Lipinski definition) is 2. The van der Waals surface area contributed by atoms with Gasteiger partial charge in [0, 0.05) is 13.8 Å². The van der Waals surface area contributed by atoms with Gasteiger partial charge in [-0.15, -0.1) is 0 Å². The van der Waals surface area contributed by atoms with Gasteiger partial charge in [-0.25, -0.2) is 4.79 Å². The van der Waals surface area contributed by atoms with Crippen LogP contribution in [-0.4, -0.2) is 18.6 Å². The molecule has 3 N–H and O–H groups in total. The molecule has 0 aromatic carbocycles. The summed E-state index contributed by atoms with van der Waals surface area (Å²) < 4.78 is 4.41. The Labute approximate surface area is 48.8 Å². The molecule has 0 aliphatic heterocycles. The van der Waals surface area contributed by atoms with Crippen LogP contribution in [0, 0.1) is 0 Å². The van der Waals surface area contributed by atoms with Crippen molar-refractivity contribution < 1.29 is 15.3 Å². The molecule has 3 nitrogen and oxygen atoms in total. The van der Waals surface area contributed by atoms with E-state index < -0.39 is 5.54 Å². The fourth-order valence-electron chi connectivity index (χ4n) is 0.276. The predicted octanol–water partition coefficient (Wildman–Crippen LogP) is -0.820. The Morgan fingerprint density at radius 3 is 2.00 bits per heavy atom. The standard InChI is InChI=1S/C5H11NO2/c1-5(2,6)4(7)8-3/h6H2,1-3H3/p+1. The number of methoxy groups -OCH3 is 1. The van der Waals surface area contributed by atoms with Gasteiger partial charge in [-0.1, -0.05) is 0 Å². The summed E-state index contributed by atoms with van der Waals surface area (Å²) in [5, 5.41) is 0. The van der Waals surface area contributed by atoms with Crippen LogP contribution in [0.4, 0.5) is 0 Å². The first-order chi connectivity index (χ1) is 3.48. The number of carbonyl (C=O) groups is 1. The number of ether oxygens (including phenoxy) is 1. The molecule has 0 radical (unpaired) electrons. The van der Waals surface area contributed by atoms with Gasteiger partial charge < -0.3 is 10.5 Å². The Morgan fingerprint density at radius 2 is 2.00 bits per heavy atom. The molecule has 0 aliphatic carbocycles. The minimum atomic E-state index is -0.602. The van der Waals surface area contributed by atoms with Crippen LogP contribution in [0.15, 0.2) is 0 Å². The van der Waals surface area contributed by atoms with E-state index in [0.717, 1.165) is 0 Å². The average molecular weight is 118 g/mol. The molecule has 0 rings (SSSR count). The van der Waals surface area contributed by atoms with Gasteiger partial charge >= 0.3 is 5.97 Å². The summed E-state index contributed by atoms with van der Waals surface area (Å²) in [7, 11) is 1.36. The smallest absolute Gasteiger partial charge is 0.367 e. The molecule has 48 valence electrons. The maximum Gasteiger partial charge on any atom is 0.367 e. The largest absolute Gasteiger partial charge is 0.464 e. The van der Waals surface area contributed by atoms with Crippen LogP contribution >= 0.6 is 0 Å². The summed E-state index contributed by atoms with van der Waals surface area (Å²) >= 11 is 0. The molecule has 0 amide bonds. The first-order valence-electron chi connectivity index (χ1n) is 2.42. The minimum absolute atomic E-state index is 0.280. The van der Waals surface area contributed by atoms with Crippen LogP contribution in [0.3, 0.4) is 0 Å². The molecule has 0 heterocycles. The van der Waals surface area contributed by atoms with Crippen molar-refractivity contribution in [1.82, 2.24) is 0 Å². The van der Waals surface area contributed by atoms with E-state index in [1.807, 2.05) is 0 Å². The van der Waals surface area contributed by atoms with E-state index in [9.17, 15) is 4.79 Å². The Hall–Kier alpha value is -0.570. The van der Waals surface area contributed by atoms with Crippen molar-refractivity contribution >= 4 is 5.97 Å². The number of carbonyl (C=O) groups excluding carboxylic acids is 1. The van der Waals surface area contributed by atoms with Gasteiger partial charge in [-0.3, -0.25) is 0 Å². The van der Waals surface area contributed by atoms with Gasteiger partial charge in [0.1, 0.15) is 0 Å². The molecule has 0 spiro atoms. The maximum atomic E-state index is 10.5. The molecule has 0 unspecified atom stereocenters. The third-order valence-corrected chi connectivity index (χ3v) is 0.738. The van der Waals surface area contributed by atoms with Gasteiger partial charge in [0.25, 0.3) is 0 Å². The second kappa shape index (κ2) is 2.13. The highest BCUT2D eigenvalue weighted by Gasteiger charge is 2.26. The second-order valence-electron chi connectivity index (χ2n) is 2.38. The van der Waals surface area contributed by atoms with Gasteiger partial charge in [-0.05, 0) is 0 Å². The van der Waals surface area contributed by atoms with Crippen LogP contribution in [0.1, 0.15) is 13.8 Å². The number of rotatable bonds is 1. The van der Waals surface area contributed by atoms with Crippen molar-refractivity contribution in [3.05, 3.63) is 0 Å². The molecular weight excluding hydrogens is 106 g/mol. The quantitative estimate of drug-likeness (QED) is 0.457. The molecule has 0 bridgehead atoms. The highest BCUT2D eigenvalue weighted by Crippen LogP contribution is 1.93. The summed E-state index contributed by atoms with van der Waals surface area (Å²) in [4.78, 5) is 10.5. The topological polar surface area (TPSA) is 53.9 Å². The van der Waals surface area contributed by atoms with E-state index in [0.29, 0.717) is 0 Å². The molecule has 0 aliphatic rings. The van der Waals surface area contributed by atoms with Crippen LogP contribution in [0.25, 0.3) is 0 Å². The average Bonchev–Trinajstić information content (AvgIpc) is 1.62. The second-order valence-corrected chi connectivity index (χ2v) is 2.38. The predicted molar refractivity (Wildman–Crippen MR) is 29.0 cm³/mol. The van der Waals surface area contributed by atoms with Crippen molar-refractivity contribution in [1.29, 1.82) is 0 Å². The summed E-state index contributed by atoms with van der Waals surface area (Å²) in [5.41, 5.74) is 2.96. The normalized spacial score (nSPS) is 11.0. The Morgan fingerprint density at radius 1 is 1.62 bits per heavy atom. The molecule has 0 aromatic rings. The van der Waals surface area contributed by atoms with Crippen molar-refractivity contribution in [2.75, 3.05) is 7.11 Å². The summed E-state index contributed by atoms with van der Waals surface area (Å²) in [6, 6.07) is 0. The van der Waals surface area contributed by atoms with E-state index in [1.54, 1.807) is 13.8 Å². The number of quaternary nitrogens is 1. The van der Waals surface area contributed by atoms with Gasteiger partial charge in [-0.2, -0.15) is 0 Å². The van der Waals surface area contributed by atoms with Crippen molar-refractivity contribution in [3.63, 3.8) is 0 Å². The highest BCUT2D eigenvalue weighted by molar-refractivity contribution is 5.77. The first-order valence-corrected chi connectivity index (χ1v) is 2.42. The Balaban J connectivity index is 3.82. The highest BCUT2D eigenvalue weighted by atomic mass is 16.5. The zero-order chi connectivity index (χ0) is 6.78. The lowest BCUT2D eigenvalue weighted by atomic mass is 10.1. The van der Waals surface area contributed by atoms with Crippen molar-refractivity contribution in [2.24, 2.45) is 0 Å². The molecule has 0 fully saturated rings. The lowest BCUT2D eigenvalue weighted by Crippen LogP contribution is -2.73. The molecule has 0 saturated heterocycles. The van der Waals surface area contributed by atoms with E-state index in [-0.39, 0.29) is 5.97 Å². The first kappa shape index (κ1) is 7.43. The molecule has 0 atom stereocenters. The third-order valence-electron chi connectivity index (χ3n) is 0.738. The number of hydrogen-bond donors (Lipinski definition) is 1. The monoisotopic (exact) mass is 118 g/mol. The SMILES string of the molecule is COC(=O)C(C)(C)[NH3+]. The van der Waals surface area contributed by atoms with E-state index in [2.05, 4.69) is 10.5 Å². The van der Waals surface area contributed by atoms with Crippen molar-refractivity contribution in [2.45, 2.75) is 19.4 Å². The molecular formula is C5H12NO2+. The molecule has 3 heteroatoms. The zero-order valence-electron chi connectivity index (χ0n) is 5.52. The maximum absolute atomic E-state index is 10.5. The fraction of sp³-hybridized carbons (Fsp3) is 0.800. The van der Waals surface area contributed by atoms with E-state index in [1.165, 1.54) is 7.11 Å². The molecule has 0 saturated carbocycles. The van der Waals surface area contributed by atoms with E-state index in [4.69, 9.17) is 0 Å².